The van der Waals surface area contributed by atoms with Gasteiger partial charge in [0.1, 0.15) is 10.8 Å². The smallest absolute Gasteiger partial charge is 0.134 e. The van der Waals surface area contributed by atoms with Gasteiger partial charge in [0.25, 0.3) is 0 Å². The van der Waals surface area contributed by atoms with Crippen LogP contribution in [-0.2, 0) is 6.54 Å². The first-order valence-corrected chi connectivity index (χ1v) is 5.22. The van der Waals surface area contributed by atoms with Crippen molar-refractivity contribution in [3.8, 4) is 0 Å². The molecule has 1 fully saturated rings. The summed E-state index contributed by atoms with van der Waals surface area (Å²) in [6.07, 6.45) is 0.721. The maximum absolute atomic E-state index is 9.30. The summed E-state index contributed by atoms with van der Waals surface area (Å²) in [5.74, 6) is 0.597. The van der Waals surface area contributed by atoms with Gasteiger partial charge in [0.05, 0.1) is 12.6 Å². The van der Waals surface area contributed by atoms with Crippen LogP contribution in [0.15, 0.2) is 5.38 Å². The Labute approximate surface area is 81.0 Å². The predicted molar refractivity (Wildman–Crippen MR) is 52.4 cm³/mol. The van der Waals surface area contributed by atoms with Crippen LogP contribution in [0.1, 0.15) is 11.4 Å². The van der Waals surface area contributed by atoms with E-state index in [9.17, 15) is 5.11 Å². The third-order valence-corrected chi connectivity index (χ3v) is 3.03. The van der Waals surface area contributed by atoms with Crippen molar-refractivity contribution in [1.29, 1.82) is 0 Å². The van der Waals surface area contributed by atoms with Gasteiger partial charge in [-0.15, -0.1) is 11.3 Å². The van der Waals surface area contributed by atoms with Gasteiger partial charge < -0.3 is 10.8 Å². The Morgan fingerprint density at radius 3 is 3.15 bits per heavy atom. The summed E-state index contributed by atoms with van der Waals surface area (Å²) in [4.78, 5) is 6.37. The Morgan fingerprint density at radius 1 is 1.77 bits per heavy atom. The van der Waals surface area contributed by atoms with Gasteiger partial charge in [0, 0.05) is 18.5 Å². The first kappa shape index (κ1) is 8.93. The molecule has 0 radical (unpaired) electrons. The van der Waals surface area contributed by atoms with Crippen molar-refractivity contribution >= 4 is 17.2 Å². The molecule has 0 aromatic carbocycles. The standard InChI is InChI=1S/C8H13N3OS/c9-7-5-13-8(10-7)4-11-2-1-6(12)3-11/h5-6,12H,1-4,9H2. The SMILES string of the molecule is Nc1csc(CN2CCC(O)C2)n1. The molecule has 1 atom stereocenters. The van der Waals surface area contributed by atoms with Gasteiger partial charge in [-0.3, -0.25) is 4.90 Å². The molecule has 1 aromatic heterocycles. The maximum Gasteiger partial charge on any atom is 0.134 e. The van der Waals surface area contributed by atoms with E-state index in [-0.39, 0.29) is 6.10 Å². The van der Waals surface area contributed by atoms with Crippen LogP contribution in [0.2, 0.25) is 0 Å². The van der Waals surface area contributed by atoms with Crippen LogP contribution in [-0.4, -0.2) is 34.2 Å². The molecule has 1 aliphatic rings. The summed E-state index contributed by atoms with van der Waals surface area (Å²) in [5.41, 5.74) is 5.51. The lowest BCUT2D eigenvalue weighted by molar-refractivity contribution is 0.175. The highest BCUT2D eigenvalue weighted by Gasteiger charge is 2.20. The monoisotopic (exact) mass is 199 g/mol. The molecule has 1 unspecified atom stereocenters. The fourth-order valence-corrected chi connectivity index (χ4v) is 2.27. The third kappa shape index (κ3) is 2.18. The van der Waals surface area contributed by atoms with Crippen LogP contribution < -0.4 is 5.73 Å². The van der Waals surface area contributed by atoms with Gasteiger partial charge in [-0.05, 0) is 6.42 Å². The molecule has 0 amide bonds. The normalized spacial score (nSPS) is 23.9. The van der Waals surface area contributed by atoms with Crippen LogP contribution in [0.5, 0.6) is 0 Å². The van der Waals surface area contributed by atoms with E-state index in [1.807, 2.05) is 5.38 Å². The number of aliphatic hydroxyl groups is 1. The van der Waals surface area contributed by atoms with E-state index < -0.39 is 0 Å². The molecule has 4 nitrogen and oxygen atoms in total. The summed E-state index contributed by atoms with van der Waals surface area (Å²) < 4.78 is 0. The van der Waals surface area contributed by atoms with Crippen LogP contribution >= 0.6 is 11.3 Å². The largest absolute Gasteiger partial charge is 0.392 e. The van der Waals surface area contributed by atoms with Crippen molar-refractivity contribution < 1.29 is 5.11 Å². The number of rotatable bonds is 2. The Hall–Kier alpha value is -0.650. The van der Waals surface area contributed by atoms with Gasteiger partial charge >= 0.3 is 0 Å². The topological polar surface area (TPSA) is 62.4 Å². The van der Waals surface area contributed by atoms with Crippen molar-refractivity contribution in [2.24, 2.45) is 0 Å². The highest BCUT2D eigenvalue weighted by atomic mass is 32.1. The maximum atomic E-state index is 9.30. The molecular formula is C8H13N3OS. The Kier molecular flexibility index (Phi) is 2.48. The number of aliphatic hydroxyl groups excluding tert-OH is 1. The van der Waals surface area contributed by atoms with E-state index in [2.05, 4.69) is 9.88 Å². The average molecular weight is 199 g/mol. The predicted octanol–water partition coefficient (Wildman–Crippen LogP) is 0.292. The summed E-state index contributed by atoms with van der Waals surface area (Å²) >= 11 is 1.58. The molecule has 72 valence electrons. The Balaban J connectivity index is 1.91. The van der Waals surface area contributed by atoms with Crippen molar-refractivity contribution in [1.82, 2.24) is 9.88 Å². The molecule has 3 N–H and O–H groups in total. The minimum Gasteiger partial charge on any atom is -0.392 e. The van der Waals surface area contributed by atoms with Crippen LogP contribution in [0.3, 0.4) is 0 Å². The van der Waals surface area contributed by atoms with Crippen molar-refractivity contribution in [2.75, 3.05) is 18.8 Å². The summed E-state index contributed by atoms with van der Waals surface area (Å²) in [5, 5.41) is 12.2. The average Bonchev–Trinajstić information content (AvgIpc) is 2.62. The van der Waals surface area contributed by atoms with E-state index in [1.165, 1.54) is 0 Å². The number of likely N-dealkylation sites (tertiary alicyclic amines) is 1. The van der Waals surface area contributed by atoms with Crippen molar-refractivity contribution in [3.63, 3.8) is 0 Å². The number of aromatic nitrogens is 1. The molecule has 0 saturated carbocycles. The van der Waals surface area contributed by atoms with E-state index in [4.69, 9.17) is 5.73 Å². The fourth-order valence-electron chi connectivity index (χ4n) is 1.54. The lowest BCUT2D eigenvalue weighted by atomic mass is 10.3. The van der Waals surface area contributed by atoms with E-state index in [0.29, 0.717) is 5.82 Å². The van der Waals surface area contributed by atoms with Gasteiger partial charge in [-0.2, -0.15) is 0 Å². The molecule has 1 aliphatic heterocycles. The second-order valence-corrected chi connectivity index (χ2v) is 4.29. The molecule has 0 bridgehead atoms. The minimum absolute atomic E-state index is 0.155. The highest BCUT2D eigenvalue weighted by Crippen LogP contribution is 2.17. The third-order valence-electron chi connectivity index (χ3n) is 2.18. The summed E-state index contributed by atoms with van der Waals surface area (Å²) in [6, 6.07) is 0. The Bertz CT molecular complexity index is 289. The zero-order valence-corrected chi connectivity index (χ0v) is 8.13. The molecule has 2 rings (SSSR count). The number of nitrogens with zero attached hydrogens (tertiary/aromatic N) is 2. The number of anilines is 1. The number of nitrogen functional groups attached to an aromatic ring is 1. The van der Waals surface area contributed by atoms with Gasteiger partial charge in [0.2, 0.25) is 0 Å². The second kappa shape index (κ2) is 3.61. The molecule has 0 aliphatic carbocycles. The Morgan fingerprint density at radius 2 is 2.62 bits per heavy atom. The highest BCUT2D eigenvalue weighted by molar-refractivity contribution is 7.09. The lowest BCUT2D eigenvalue weighted by Gasteiger charge is -2.11. The molecule has 0 spiro atoms. The zero-order chi connectivity index (χ0) is 9.26. The van der Waals surface area contributed by atoms with Gasteiger partial charge in [-0.1, -0.05) is 0 Å². The molecular weight excluding hydrogens is 186 g/mol. The van der Waals surface area contributed by atoms with E-state index in [1.54, 1.807) is 11.3 Å². The van der Waals surface area contributed by atoms with Crippen LogP contribution in [0, 0.1) is 0 Å². The molecule has 2 heterocycles. The van der Waals surface area contributed by atoms with Crippen molar-refractivity contribution in [2.45, 2.75) is 19.1 Å². The first-order chi connectivity index (χ1) is 6.24. The van der Waals surface area contributed by atoms with E-state index in [0.717, 1.165) is 31.1 Å². The number of hydrogen-bond acceptors (Lipinski definition) is 5. The summed E-state index contributed by atoms with van der Waals surface area (Å²) in [6.45, 7) is 2.54. The fraction of sp³-hybridized carbons (Fsp3) is 0.625. The second-order valence-electron chi connectivity index (χ2n) is 3.34. The lowest BCUT2D eigenvalue weighted by Crippen LogP contribution is -2.21. The van der Waals surface area contributed by atoms with Crippen molar-refractivity contribution in [3.05, 3.63) is 10.4 Å². The quantitative estimate of drug-likeness (QED) is 0.718. The molecule has 13 heavy (non-hydrogen) atoms. The number of hydrogen-bond donors (Lipinski definition) is 2. The zero-order valence-electron chi connectivity index (χ0n) is 7.31. The molecule has 1 aromatic rings. The van der Waals surface area contributed by atoms with Gasteiger partial charge in [-0.25, -0.2) is 4.98 Å². The number of β-amino-alcohol motifs (C(OH)–C–C–N with tert-alkyl or cyclic N) is 1. The molecule has 1 saturated heterocycles. The van der Waals surface area contributed by atoms with E-state index >= 15 is 0 Å². The summed E-state index contributed by atoms with van der Waals surface area (Å²) in [7, 11) is 0. The number of nitrogens with two attached hydrogens (primary N) is 1. The minimum atomic E-state index is -0.155. The van der Waals surface area contributed by atoms with Crippen LogP contribution in [0.4, 0.5) is 5.82 Å². The van der Waals surface area contributed by atoms with Gasteiger partial charge in [0.15, 0.2) is 0 Å². The molecule has 5 heteroatoms. The van der Waals surface area contributed by atoms with Crippen LogP contribution in [0.25, 0.3) is 0 Å². The first-order valence-electron chi connectivity index (χ1n) is 4.34. The number of thiazole rings is 1.